The van der Waals surface area contributed by atoms with Crippen LogP contribution in [0.2, 0.25) is 0 Å². The number of hydrogen-bond acceptors (Lipinski definition) is 1. The van der Waals surface area contributed by atoms with Crippen molar-refractivity contribution in [3.8, 4) is 0 Å². The number of halogens is 2. The predicted molar refractivity (Wildman–Crippen MR) is 93.4 cm³/mol. The molecule has 134 valence electrons. The largest absolute Gasteiger partial charge is 1.00 e. The third kappa shape index (κ3) is 4.37. The summed E-state index contributed by atoms with van der Waals surface area (Å²) in [4.78, 5) is 2.39. The normalized spacial score (nSPS) is 20.4. The van der Waals surface area contributed by atoms with Gasteiger partial charge in [-0.1, -0.05) is 0 Å². The third-order valence-corrected chi connectivity index (χ3v) is 10.7. The van der Waals surface area contributed by atoms with Crippen molar-refractivity contribution in [1.29, 1.82) is 0 Å². The Labute approximate surface area is 173 Å². The van der Waals surface area contributed by atoms with Gasteiger partial charge in [0.25, 0.3) is 0 Å². The molecule has 0 saturated heterocycles. The zero-order valence-electron chi connectivity index (χ0n) is 16.3. The zero-order chi connectivity index (χ0) is 16.7. The van der Waals surface area contributed by atoms with E-state index in [2.05, 4.69) is 72.7 Å². The number of nitrogens with zero attached hydrogens (tertiary/aromatic N) is 1. The second-order valence-corrected chi connectivity index (χ2v) is 10.8. The van der Waals surface area contributed by atoms with E-state index < -0.39 is 23.2 Å². The van der Waals surface area contributed by atoms with Gasteiger partial charge in [0.1, 0.15) is 0 Å². The second-order valence-electron chi connectivity index (χ2n) is 7.43. The van der Waals surface area contributed by atoms with Gasteiger partial charge < -0.3 is 24.8 Å². The van der Waals surface area contributed by atoms with Gasteiger partial charge in [0.15, 0.2) is 0 Å². The first kappa shape index (κ1) is 24.4. The molecule has 0 aromatic carbocycles. The summed E-state index contributed by atoms with van der Waals surface area (Å²) in [5, 5.41) is 0. The van der Waals surface area contributed by atoms with Crippen LogP contribution in [-0.4, -0.2) is 25.0 Å². The molecule has 24 heavy (non-hydrogen) atoms. The fourth-order valence-corrected chi connectivity index (χ4v) is 8.22. The molecule has 1 atom stereocenters. The molecule has 0 fully saturated rings. The van der Waals surface area contributed by atoms with Crippen LogP contribution in [0.1, 0.15) is 54.4 Å². The molecule has 0 aliphatic heterocycles. The standard InChI is InChI=1S/C10H16N.C10H15.2ClH.Zr/c1-4-10(11(2)3)9-7-5-6-8-9;1-7-6-10(4,5)9(3)8(7)2;;;/h5,7,10H,4,6H2,1-3H3;1-5H3;2*1H;/q;;;;+2/p-2. The average molecular weight is 448 g/mol. The van der Waals surface area contributed by atoms with Gasteiger partial charge in [0.2, 0.25) is 0 Å². The fourth-order valence-electron chi connectivity index (χ4n) is 3.82. The van der Waals surface area contributed by atoms with E-state index in [0.29, 0.717) is 11.5 Å². The molecule has 0 spiro atoms. The second kappa shape index (κ2) is 9.36. The van der Waals surface area contributed by atoms with E-state index >= 15 is 0 Å². The van der Waals surface area contributed by atoms with Gasteiger partial charge in [0, 0.05) is 0 Å². The van der Waals surface area contributed by atoms with E-state index in [1.165, 1.54) is 12.8 Å². The Morgan fingerprint density at radius 1 is 1.12 bits per heavy atom. The topological polar surface area (TPSA) is 3.24 Å². The molecule has 0 N–H and O–H groups in total. The Morgan fingerprint density at radius 3 is 2.12 bits per heavy atom. The van der Waals surface area contributed by atoms with Crippen molar-refractivity contribution in [2.24, 2.45) is 5.41 Å². The Kier molecular flexibility index (Phi) is 9.51. The number of rotatable bonds is 5. The van der Waals surface area contributed by atoms with Crippen LogP contribution in [0.25, 0.3) is 0 Å². The van der Waals surface area contributed by atoms with E-state index in [0.717, 1.165) is 0 Å². The van der Waals surface area contributed by atoms with Crippen LogP contribution >= 0.6 is 0 Å². The SMILES string of the molecule is CCC(C1=[C]([Zr+2][C]2=C(C)C(C)=C(C)C2(C)C)CC=C1)N(C)C.[Cl-].[Cl-]. The summed E-state index contributed by atoms with van der Waals surface area (Å²) in [5.41, 5.74) is 6.67. The molecule has 0 amide bonds. The van der Waals surface area contributed by atoms with Gasteiger partial charge in [-0.2, -0.15) is 0 Å². The molecule has 0 aromatic rings. The maximum absolute atomic E-state index is 2.43. The summed E-state index contributed by atoms with van der Waals surface area (Å²) in [6.07, 6.45) is 7.21. The van der Waals surface area contributed by atoms with Crippen molar-refractivity contribution in [3.63, 3.8) is 0 Å². The summed E-state index contributed by atoms with van der Waals surface area (Å²) in [7, 11) is 4.44. The summed E-state index contributed by atoms with van der Waals surface area (Å²) in [5.74, 6) is 0. The van der Waals surface area contributed by atoms with Crippen molar-refractivity contribution < 1.29 is 48.0 Å². The first-order valence-corrected chi connectivity index (χ1v) is 10.9. The fraction of sp³-hybridized carbons (Fsp3) is 0.600. The van der Waals surface area contributed by atoms with Crippen molar-refractivity contribution in [3.05, 3.63) is 41.0 Å². The monoisotopic (exact) mass is 445 g/mol. The smallest absolute Gasteiger partial charge is 1.00 e. The van der Waals surface area contributed by atoms with Crippen molar-refractivity contribution in [1.82, 2.24) is 4.90 Å². The minimum absolute atomic E-state index is 0. The van der Waals surface area contributed by atoms with Crippen LogP contribution < -0.4 is 24.8 Å². The Morgan fingerprint density at radius 2 is 1.71 bits per heavy atom. The van der Waals surface area contributed by atoms with Crippen LogP contribution in [-0.2, 0) is 23.2 Å². The minimum atomic E-state index is -0.689. The molecule has 1 nitrogen and oxygen atoms in total. The van der Waals surface area contributed by atoms with Crippen molar-refractivity contribution in [2.75, 3.05) is 14.1 Å². The summed E-state index contributed by atoms with van der Waals surface area (Å²) in [6.45, 7) is 14.2. The average Bonchev–Trinajstić information content (AvgIpc) is 2.95. The molecule has 2 rings (SSSR count). The summed E-state index contributed by atoms with van der Waals surface area (Å²) >= 11 is -0.689. The first-order valence-electron chi connectivity index (χ1n) is 8.44. The maximum atomic E-state index is 2.43. The molecular weight excluding hydrogens is 416 g/mol. The van der Waals surface area contributed by atoms with Gasteiger partial charge in [-0.05, 0) is 0 Å². The first-order chi connectivity index (χ1) is 10.2. The molecule has 2 aliphatic rings. The number of hydrogen-bond donors (Lipinski definition) is 0. The van der Waals surface area contributed by atoms with Gasteiger partial charge in [-0.3, -0.25) is 0 Å². The minimum Gasteiger partial charge on any atom is -1.00 e. The number of likely N-dealkylation sites (N-methyl/N-ethyl adjacent to an activating group) is 1. The van der Waals surface area contributed by atoms with Gasteiger partial charge in [0.05, 0.1) is 0 Å². The molecule has 0 heterocycles. The van der Waals surface area contributed by atoms with Crippen LogP contribution in [0, 0.1) is 5.41 Å². The Balaban J connectivity index is 0.00000264. The molecule has 0 saturated carbocycles. The van der Waals surface area contributed by atoms with Gasteiger partial charge in [-0.25, -0.2) is 0 Å². The predicted octanol–water partition coefficient (Wildman–Crippen LogP) is -0.719. The zero-order valence-corrected chi connectivity index (χ0v) is 20.3. The molecule has 2 aliphatic carbocycles. The van der Waals surface area contributed by atoms with E-state index in [1.54, 1.807) is 28.9 Å². The van der Waals surface area contributed by atoms with Gasteiger partial charge >= 0.3 is 149 Å². The van der Waals surface area contributed by atoms with E-state index in [1.807, 2.05) is 0 Å². The Bertz CT molecular complexity index is 595. The quantitative estimate of drug-likeness (QED) is 0.538. The Hall–Kier alpha value is 0.383. The maximum Gasteiger partial charge on any atom is -1.00 e. The van der Waals surface area contributed by atoms with Gasteiger partial charge in [-0.15, -0.1) is 0 Å². The van der Waals surface area contributed by atoms with Crippen molar-refractivity contribution in [2.45, 2.75) is 60.4 Å². The molecule has 4 heteroatoms. The molecule has 0 radical (unpaired) electrons. The van der Waals surface area contributed by atoms with Crippen LogP contribution in [0.4, 0.5) is 0 Å². The van der Waals surface area contributed by atoms with E-state index in [-0.39, 0.29) is 24.8 Å². The number of allylic oxidation sites excluding steroid dienone is 6. The summed E-state index contributed by atoms with van der Waals surface area (Å²) < 4.78 is 3.60. The molecular formula is C20H31Cl2NZr. The van der Waals surface area contributed by atoms with Crippen LogP contribution in [0.3, 0.4) is 0 Å². The summed E-state index contributed by atoms with van der Waals surface area (Å²) in [6, 6.07) is 0.593. The third-order valence-electron chi connectivity index (χ3n) is 5.68. The van der Waals surface area contributed by atoms with E-state index in [9.17, 15) is 0 Å². The molecule has 0 aromatic heterocycles. The van der Waals surface area contributed by atoms with Crippen LogP contribution in [0.15, 0.2) is 41.0 Å². The van der Waals surface area contributed by atoms with Crippen molar-refractivity contribution >= 4 is 0 Å². The van der Waals surface area contributed by atoms with Crippen LogP contribution in [0.5, 0.6) is 0 Å². The molecule has 0 bridgehead atoms. The van der Waals surface area contributed by atoms with E-state index in [4.69, 9.17) is 0 Å². The molecule has 1 unspecified atom stereocenters.